The normalized spacial score (nSPS) is 11.0. The minimum Gasteiger partial charge on any atom is -0.491 e. The molecule has 1 aromatic carbocycles. The highest BCUT2D eigenvalue weighted by atomic mass is 16.6. The van der Waals surface area contributed by atoms with E-state index in [4.69, 9.17) is 19.3 Å². The molecule has 6 nitrogen and oxygen atoms in total. The summed E-state index contributed by atoms with van der Waals surface area (Å²) in [5.74, 6) is 0.678. The minimum atomic E-state index is -0.526. The average Bonchev–Trinajstić information content (AvgIpc) is 2.38. The van der Waals surface area contributed by atoms with Crippen molar-refractivity contribution < 1.29 is 24.1 Å². The Hall–Kier alpha value is -1.79. The van der Waals surface area contributed by atoms with Gasteiger partial charge in [0.2, 0.25) is 0 Å². The third kappa shape index (κ3) is 8.16. The van der Waals surface area contributed by atoms with Gasteiger partial charge in [-0.15, -0.1) is 0 Å². The van der Waals surface area contributed by atoms with Crippen LogP contribution in [0.5, 0.6) is 5.75 Å². The first-order chi connectivity index (χ1) is 9.90. The van der Waals surface area contributed by atoms with Gasteiger partial charge in [-0.1, -0.05) is 0 Å². The van der Waals surface area contributed by atoms with E-state index >= 15 is 0 Å². The Bertz CT molecular complexity index is 425. The van der Waals surface area contributed by atoms with E-state index in [1.54, 1.807) is 24.3 Å². The van der Waals surface area contributed by atoms with Gasteiger partial charge in [-0.05, 0) is 45.0 Å². The largest absolute Gasteiger partial charge is 0.491 e. The number of anilines is 1. The molecular formula is C15H23NO5. The zero-order chi connectivity index (χ0) is 15.7. The standard InChI is InChI=1S/C15H23NO5/c1-15(2,3)21-14(18)16-12-4-6-13(7-5-12)20-11-10-19-9-8-17/h4-7,17H,8-11H2,1-3H3,(H,16,18). The van der Waals surface area contributed by atoms with Gasteiger partial charge in [-0.3, -0.25) is 5.32 Å². The number of ether oxygens (including phenoxy) is 3. The SMILES string of the molecule is CC(C)(C)OC(=O)Nc1ccc(OCCOCCO)cc1. The first kappa shape index (κ1) is 17.3. The highest BCUT2D eigenvalue weighted by Gasteiger charge is 2.16. The van der Waals surface area contributed by atoms with Crippen molar-refractivity contribution in [3.05, 3.63) is 24.3 Å². The molecular weight excluding hydrogens is 274 g/mol. The Morgan fingerprint density at radius 1 is 1.14 bits per heavy atom. The third-order valence-electron chi connectivity index (χ3n) is 2.23. The van der Waals surface area contributed by atoms with Gasteiger partial charge in [-0.25, -0.2) is 4.79 Å². The molecule has 118 valence electrons. The zero-order valence-electron chi connectivity index (χ0n) is 12.7. The van der Waals surface area contributed by atoms with E-state index in [0.29, 0.717) is 31.3 Å². The molecule has 2 N–H and O–H groups in total. The maximum absolute atomic E-state index is 11.6. The molecule has 6 heteroatoms. The van der Waals surface area contributed by atoms with Gasteiger partial charge in [0.05, 0.1) is 19.8 Å². The fourth-order valence-electron chi connectivity index (χ4n) is 1.44. The number of hydrogen-bond donors (Lipinski definition) is 2. The second kappa shape index (κ2) is 8.49. The van der Waals surface area contributed by atoms with Crippen LogP contribution in [0.25, 0.3) is 0 Å². The van der Waals surface area contributed by atoms with Crippen molar-refractivity contribution in [1.29, 1.82) is 0 Å². The Balaban J connectivity index is 2.35. The van der Waals surface area contributed by atoms with Gasteiger partial charge in [0.25, 0.3) is 0 Å². The van der Waals surface area contributed by atoms with Gasteiger partial charge < -0.3 is 19.3 Å². The fourth-order valence-corrected chi connectivity index (χ4v) is 1.44. The number of nitrogens with one attached hydrogen (secondary N) is 1. The maximum atomic E-state index is 11.6. The Morgan fingerprint density at radius 2 is 1.81 bits per heavy atom. The molecule has 0 bridgehead atoms. The van der Waals surface area contributed by atoms with E-state index < -0.39 is 11.7 Å². The van der Waals surface area contributed by atoms with E-state index in [9.17, 15) is 4.79 Å². The van der Waals surface area contributed by atoms with Gasteiger partial charge in [0.1, 0.15) is 18.0 Å². The Morgan fingerprint density at radius 3 is 2.38 bits per heavy atom. The van der Waals surface area contributed by atoms with Crippen molar-refractivity contribution in [1.82, 2.24) is 0 Å². The summed E-state index contributed by atoms with van der Waals surface area (Å²) < 4.78 is 15.7. The number of aliphatic hydroxyl groups is 1. The molecule has 0 fully saturated rings. The lowest BCUT2D eigenvalue weighted by molar-refractivity contribution is 0.0636. The van der Waals surface area contributed by atoms with Crippen LogP contribution in [-0.4, -0.2) is 43.2 Å². The molecule has 0 aliphatic carbocycles. The van der Waals surface area contributed by atoms with Crippen LogP contribution < -0.4 is 10.1 Å². The molecule has 21 heavy (non-hydrogen) atoms. The molecule has 0 spiro atoms. The van der Waals surface area contributed by atoms with E-state index in [2.05, 4.69) is 5.32 Å². The molecule has 0 aliphatic rings. The van der Waals surface area contributed by atoms with Crippen molar-refractivity contribution in [2.75, 3.05) is 31.7 Å². The van der Waals surface area contributed by atoms with E-state index in [1.807, 2.05) is 20.8 Å². The number of aliphatic hydroxyl groups excluding tert-OH is 1. The van der Waals surface area contributed by atoms with Crippen LogP contribution >= 0.6 is 0 Å². The molecule has 0 saturated heterocycles. The van der Waals surface area contributed by atoms with Gasteiger partial charge in [0, 0.05) is 5.69 Å². The van der Waals surface area contributed by atoms with Crippen LogP contribution in [-0.2, 0) is 9.47 Å². The first-order valence-electron chi connectivity index (χ1n) is 6.82. The first-order valence-corrected chi connectivity index (χ1v) is 6.82. The third-order valence-corrected chi connectivity index (χ3v) is 2.23. The van der Waals surface area contributed by atoms with Gasteiger partial charge >= 0.3 is 6.09 Å². The van der Waals surface area contributed by atoms with Gasteiger partial charge in [-0.2, -0.15) is 0 Å². The molecule has 0 radical (unpaired) electrons. The van der Waals surface area contributed by atoms with E-state index in [1.165, 1.54) is 0 Å². The molecule has 1 aromatic rings. The monoisotopic (exact) mass is 297 g/mol. The summed E-state index contributed by atoms with van der Waals surface area (Å²) in [5, 5.41) is 11.2. The fraction of sp³-hybridized carbons (Fsp3) is 0.533. The molecule has 0 saturated carbocycles. The predicted molar refractivity (Wildman–Crippen MR) is 79.7 cm³/mol. The summed E-state index contributed by atoms with van der Waals surface area (Å²) in [6, 6.07) is 6.96. The van der Waals surface area contributed by atoms with Crippen LogP contribution in [0.15, 0.2) is 24.3 Å². The highest BCUT2D eigenvalue weighted by Crippen LogP contribution is 2.17. The minimum absolute atomic E-state index is 0.00499. The van der Waals surface area contributed by atoms with Gasteiger partial charge in [0.15, 0.2) is 0 Å². The Kier molecular flexibility index (Phi) is 6.98. The molecule has 0 unspecified atom stereocenters. The number of benzene rings is 1. The average molecular weight is 297 g/mol. The summed E-state index contributed by atoms with van der Waals surface area (Å²) in [6.07, 6.45) is -0.492. The number of hydrogen-bond acceptors (Lipinski definition) is 5. The number of carbonyl (C=O) groups excluding carboxylic acids is 1. The lowest BCUT2D eigenvalue weighted by Gasteiger charge is -2.19. The van der Waals surface area contributed by atoms with Crippen molar-refractivity contribution in [2.24, 2.45) is 0 Å². The summed E-state index contributed by atoms with van der Waals surface area (Å²) in [4.78, 5) is 11.6. The van der Waals surface area contributed by atoms with Crippen LogP contribution in [0.1, 0.15) is 20.8 Å². The van der Waals surface area contributed by atoms with Crippen LogP contribution in [0.4, 0.5) is 10.5 Å². The quantitative estimate of drug-likeness (QED) is 0.756. The van der Waals surface area contributed by atoms with Crippen LogP contribution in [0.3, 0.4) is 0 Å². The lowest BCUT2D eigenvalue weighted by atomic mass is 10.2. The summed E-state index contributed by atoms with van der Waals surface area (Å²) in [6.45, 7) is 6.55. The molecule has 1 amide bonds. The maximum Gasteiger partial charge on any atom is 0.412 e. The van der Waals surface area contributed by atoms with Crippen molar-refractivity contribution >= 4 is 11.8 Å². The molecule has 0 atom stereocenters. The smallest absolute Gasteiger partial charge is 0.412 e. The lowest BCUT2D eigenvalue weighted by Crippen LogP contribution is -2.27. The Labute approximate surface area is 125 Å². The van der Waals surface area contributed by atoms with Crippen molar-refractivity contribution in [3.8, 4) is 5.75 Å². The number of carbonyl (C=O) groups is 1. The van der Waals surface area contributed by atoms with Crippen molar-refractivity contribution in [2.45, 2.75) is 26.4 Å². The van der Waals surface area contributed by atoms with E-state index in [0.717, 1.165) is 0 Å². The second-order valence-corrected chi connectivity index (χ2v) is 5.34. The molecule has 0 heterocycles. The topological polar surface area (TPSA) is 77.0 Å². The van der Waals surface area contributed by atoms with Crippen LogP contribution in [0, 0.1) is 0 Å². The zero-order valence-corrected chi connectivity index (χ0v) is 12.7. The van der Waals surface area contributed by atoms with E-state index in [-0.39, 0.29) is 6.61 Å². The summed E-state index contributed by atoms with van der Waals surface area (Å²) in [7, 11) is 0. The molecule has 0 aromatic heterocycles. The molecule has 1 rings (SSSR count). The summed E-state index contributed by atoms with van der Waals surface area (Å²) in [5.41, 5.74) is 0.106. The number of rotatable bonds is 7. The highest BCUT2D eigenvalue weighted by molar-refractivity contribution is 5.84. The number of amides is 1. The van der Waals surface area contributed by atoms with Crippen LogP contribution in [0.2, 0.25) is 0 Å². The second-order valence-electron chi connectivity index (χ2n) is 5.34. The molecule has 0 aliphatic heterocycles. The predicted octanol–water partition coefficient (Wildman–Crippen LogP) is 2.42. The summed E-state index contributed by atoms with van der Waals surface area (Å²) >= 11 is 0. The van der Waals surface area contributed by atoms with Crippen molar-refractivity contribution in [3.63, 3.8) is 0 Å².